The first-order valence-electron chi connectivity index (χ1n) is 9.19. The fraction of sp³-hybridized carbons (Fsp3) is 0.381. The molecule has 4 nitrogen and oxygen atoms in total. The lowest BCUT2D eigenvalue weighted by Gasteiger charge is -2.21. The molecule has 1 unspecified atom stereocenters. The molecule has 0 spiro atoms. The van der Waals surface area contributed by atoms with E-state index in [2.05, 4.69) is 63.5 Å². The highest BCUT2D eigenvalue weighted by Gasteiger charge is 2.11. The molecule has 3 rings (SSSR count). The van der Waals surface area contributed by atoms with Gasteiger partial charge in [0.25, 0.3) is 0 Å². The van der Waals surface area contributed by atoms with E-state index in [4.69, 9.17) is 4.84 Å². The number of benzene rings is 2. The number of halogens is 1. The lowest BCUT2D eigenvalue weighted by atomic mass is 9.92. The van der Waals surface area contributed by atoms with Crippen molar-refractivity contribution in [3.8, 4) is 5.75 Å². The molecule has 0 aliphatic carbocycles. The van der Waals surface area contributed by atoms with Crippen LogP contribution < -0.4 is 10.2 Å². The van der Waals surface area contributed by atoms with Gasteiger partial charge in [-0.15, -0.1) is 5.06 Å². The predicted octanol–water partition coefficient (Wildman–Crippen LogP) is 5.41. The van der Waals surface area contributed by atoms with Gasteiger partial charge in [-0.2, -0.15) is 0 Å². The predicted molar refractivity (Wildman–Crippen MR) is 111 cm³/mol. The second-order valence-electron chi connectivity index (χ2n) is 6.67. The van der Waals surface area contributed by atoms with Crippen LogP contribution in [0.4, 0.5) is 5.69 Å². The van der Waals surface area contributed by atoms with E-state index in [1.54, 1.807) is 6.34 Å². The summed E-state index contributed by atoms with van der Waals surface area (Å²) >= 11 is 3.51. The molecule has 0 amide bonds. The largest absolute Gasteiger partial charge is 0.406 e. The summed E-state index contributed by atoms with van der Waals surface area (Å²) in [5, 5.41) is 5.03. The Bertz CT molecular complexity index is 745. The maximum atomic E-state index is 5.95. The summed E-state index contributed by atoms with van der Waals surface area (Å²) in [5.41, 5.74) is 3.60. The third kappa shape index (κ3) is 5.08. The summed E-state index contributed by atoms with van der Waals surface area (Å²) in [6.07, 6.45) is 5.15. The molecule has 0 saturated heterocycles. The first kappa shape index (κ1) is 18.9. The molecule has 26 heavy (non-hydrogen) atoms. The molecular weight excluding hydrogens is 390 g/mol. The van der Waals surface area contributed by atoms with E-state index >= 15 is 0 Å². The molecule has 138 valence electrons. The van der Waals surface area contributed by atoms with Crippen molar-refractivity contribution in [3.05, 3.63) is 58.1 Å². The maximum Gasteiger partial charge on any atom is 0.149 e. The fourth-order valence-corrected chi connectivity index (χ4v) is 3.53. The summed E-state index contributed by atoms with van der Waals surface area (Å²) in [5.74, 6) is 1.44. The molecule has 1 aliphatic rings. The maximum absolute atomic E-state index is 5.95. The molecule has 0 aromatic heterocycles. The van der Waals surface area contributed by atoms with E-state index in [1.807, 2.05) is 24.2 Å². The molecule has 0 bridgehead atoms. The molecule has 1 atom stereocenters. The van der Waals surface area contributed by atoms with Crippen molar-refractivity contribution in [1.82, 2.24) is 10.4 Å². The Morgan fingerprint density at radius 2 is 2.04 bits per heavy atom. The number of hydrogen-bond acceptors (Lipinski definition) is 4. The lowest BCUT2D eigenvalue weighted by Crippen LogP contribution is -2.24. The van der Waals surface area contributed by atoms with Crippen LogP contribution in [0.1, 0.15) is 43.2 Å². The second-order valence-corrected chi connectivity index (χ2v) is 7.59. The van der Waals surface area contributed by atoms with Crippen LogP contribution >= 0.6 is 15.9 Å². The third-order valence-electron chi connectivity index (χ3n) is 4.77. The van der Waals surface area contributed by atoms with Crippen LogP contribution in [0, 0.1) is 0 Å². The van der Waals surface area contributed by atoms with Crippen LogP contribution in [0.25, 0.3) is 0 Å². The van der Waals surface area contributed by atoms with Crippen molar-refractivity contribution in [2.75, 3.05) is 13.6 Å². The second kappa shape index (κ2) is 9.19. The van der Waals surface area contributed by atoms with E-state index in [9.17, 15) is 0 Å². The molecule has 2 aromatic carbocycles. The molecule has 1 N–H and O–H groups in total. The Kier molecular flexibility index (Phi) is 6.69. The first-order chi connectivity index (χ1) is 12.7. The SMILES string of the molecule is CCC(CCCN(C)Oc1ccc2c(c1)N=CNC2)c1ccc(Br)cc1. The van der Waals surface area contributed by atoms with E-state index in [1.165, 1.54) is 11.1 Å². The summed E-state index contributed by atoms with van der Waals surface area (Å²) in [6, 6.07) is 14.8. The van der Waals surface area contributed by atoms with Crippen molar-refractivity contribution < 1.29 is 4.84 Å². The highest BCUT2D eigenvalue weighted by Crippen LogP contribution is 2.28. The van der Waals surface area contributed by atoms with Crippen LogP contribution in [0.2, 0.25) is 0 Å². The molecule has 1 heterocycles. The van der Waals surface area contributed by atoms with Gasteiger partial charge in [0.15, 0.2) is 0 Å². The van der Waals surface area contributed by atoms with Gasteiger partial charge in [-0.1, -0.05) is 41.1 Å². The van der Waals surface area contributed by atoms with Gasteiger partial charge in [0.05, 0.1) is 12.0 Å². The van der Waals surface area contributed by atoms with Crippen molar-refractivity contribution in [2.24, 2.45) is 4.99 Å². The monoisotopic (exact) mass is 415 g/mol. The van der Waals surface area contributed by atoms with Gasteiger partial charge in [0.1, 0.15) is 5.75 Å². The Labute approximate surface area is 164 Å². The molecular formula is C21H26BrN3O. The fourth-order valence-electron chi connectivity index (χ4n) is 3.27. The van der Waals surface area contributed by atoms with E-state index in [0.29, 0.717) is 5.92 Å². The Hall–Kier alpha value is -1.85. The highest BCUT2D eigenvalue weighted by atomic mass is 79.9. The average Bonchev–Trinajstić information content (AvgIpc) is 2.66. The number of rotatable bonds is 8. The normalized spacial score (nSPS) is 14.0. The van der Waals surface area contributed by atoms with Gasteiger partial charge in [0.2, 0.25) is 0 Å². The van der Waals surface area contributed by atoms with E-state index < -0.39 is 0 Å². The summed E-state index contributed by atoms with van der Waals surface area (Å²) in [6.45, 7) is 3.98. The van der Waals surface area contributed by atoms with Crippen LogP contribution in [0.15, 0.2) is 51.9 Å². The molecule has 0 saturated carbocycles. The van der Waals surface area contributed by atoms with Crippen molar-refractivity contribution in [1.29, 1.82) is 0 Å². The van der Waals surface area contributed by atoms with E-state index in [0.717, 1.165) is 48.3 Å². The molecule has 5 heteroatoms. The zero-order chi connectivity index (χ0) is 18.4. The van der Waals surface area contributed by atoms with Gasteiger partial charge in [-0.25, -0.2) is 4.99 Å². The van der Waals surface area contributed by atoms with E-state index in [-0.39, 0.29) is 0 Å². The number of hydroxylamine groups is 2. The number of nitrogens with zero attached hydrogens (tertiary/aromatic N) is 2. The van der Waals surface area contributed by atoms with Gasteiger partial charge in [-0.05, 0) is 54.5 Å². The Morgan fingerprint density at radius 3 is 2.81 bits per heavy atom. The first-order valence-corrected chi connectivity index (χ1v) is 9.98. The Morgan fingerprint density at radius 1 is 1.23 bits per heavy atom. The van der Waals surface area contributed by atoms with Gasteiger partial charge in [0, 0.05) is 30.7 Å². The minimum atomic E-state index is 0.599. The number of hydrogen-bond donors (Lipinski definition) is 1. The average molecular weight is 416 g/mol. The van der Waals surface area contributed by atoms with Crippen molar-refractivity contribution in [2.45, 2.75) is 38.6 Å². The molecule has 0 radical (unpaired) electrons. The standard InChI is InChI=1S/C21H26BrN3O/c1-3-16(17-6-9-19(22)10-7-17)5-4-12-25(2)26-20-11-8-18-14-23-15-24-21(18)13-20/h6-11,13,15-16H,3-5,12,14H2,1-2H3,(H,23,24). The van der Waals surface area contributed by atoms with Crippen LogP contribution in [-0.4, -0.2) is 25.0 Å². The molecule has 0 fully saturated rings. The lowest BCUT2D eigenvalue weighted by molar-refractivity contribution is -0.0329. The zero-order valence-corrected chi connectivity index (χ0v) is 17.0. The van der Waals surface area contributed by atoms with Crippen molar-refractivity contribution >= 4 is 28.0 Å². The molecule has 2 aromatic rings. The van der Waals surface area contributed by atoms with Crippen LogP contribution in [-0.2, 0) is 6.54 Å². The third-order valence-corrected chi connectivity index (χ3v) is 5.29. The summed E-state index contributed by atoms with van der Waals surface area (Å²) < 4.78 is 1.13. The quantitative estimate of drug-likeness (QED) is 0.585. The molecule has 1 aliphatic heterocycles. The number of nitrogens with one attached hydrogen (secondary N) is 1. The van der Waals surface area contributed by atoms with Gasteiger partial charge >= 0.3 is 0 Å². The van der Waals surface area contributed by atoms with Crippen molar-refractivity contribution in [3.63, 3.8) is 0 Å². The summed E-state index contributed by atoms with van der Waals surface area (Å²) in [4.78, 5) is 10.3. The Balaban J connectivity index is 1.48. The smallest absolute Gasteiger partial charge is 0.149 e. The number of aliphatic imine (C=N–C) groups is 1. The summed E-state index contributed by atoms with van der Waals surface area (Å²) in [7, 11) is 1.99. The van der Waals surface area contributed by atoms with Gasteiger partial charge in [-0.3, -0.25) is 0 Å². The minimum absolute atomic E-state index is 0.599. The van der Waals surface area contributed by atoms with Crippen LogP contribution in [0.5, 0.6) is 5.75 Å². The zero-order valence-electron chi connectivity index (χ0n) is 15.4. The topological polar surface area (TPSA) is 36.9 Å². The van der Waals surface area contributed by atoms with Crippen LogP contribution in [0.3, 0.4) is 0 Å². The van der Waals surface area contributed by atoms with Gasteiger partial charge < -0.3 is 10.2 Å². The minimum Gasteiger partial charge on any atom is -0.406 e. The number of fused-ring (bicyclic) bond motifs is 1. The highest BCUT2D eigenvalue weighted by molar-refractivity contribution is 9.10.